The van der Waals surface area contributed by atoms with Gasteiger partial charge in [0.15, 0.2) is 0 Å². The van der Waals surface area contributed by atoms with E-state index in [2.05, 4.69) is 28.7 Å². The van der Waals surface area contributed by atoms with Crippen molar-refractivity contribution < 1.29 is 14.6 Å². The SMILES string of the molecule is N#C/C(=C/c1ccc(OCc2cccc([N+](=O)[O-])c2)c(I)c1)c1cccc([N+](=O)[O-])c1. The summed E-state index contributed by atoms with van der Waals surface area (Å²) in [6.45, 7) is 0.171. The molecule has 9 heteroatoms. The maximum absolute atomic E-state index is 11.0. The number of hydrogen-bond donors (Lipinski definition) is 0. The van der Waals surface area contributed by atoms with E-state index in [1.165, 1.54) is 30.3 Å². The van der Waals surface area contributed by atoms with Crippen LogP contribution < -0.4 is 4.74 Å². The van der Waals surface area contributed by atoms with Gasteiger partial charge in [-0.25, -0.2) is 0 Å². The lowest BCUT2D eigenvalue weighted by Gasteiger charge is -2.09. The minimum Gasteiger partial charge on any atom is -0.488 e. The molecule has 0 N–H and O–H groups in total. The van der Waals surface area contributed by atoms with Crippen molar-refractivity contribution in [1.29, 1.82) is 5.26 Å². The van der Waals surface area contributed by atoms with Gasteiger partial charge in [-0.1, -0.05) is 30.3 Å². The molecular formula is C22H14IN3O5. The fourth-order valence-corrected chi connectivity index (χ4v) is 3.47. The van der Waals surface area contributed by atoms with Crippen molar-refractivity contribution in [2.75, 3.05) is 0 Å². The highest BCUT2D eigenvalue weighted by atomic mass is 127. The van der Waals surface area contributed by atoms with E-state index < -0.39 is 9.85 Å². The molecule has 0 spiro atoms. The van der Waals surface area contributed by atoms with E-state index >= 15 is 0 Å². The second-order valence-electron chi connectivity index (χ2n) is 6.38. The molecule has 3 rings (SSSR count). The molecule has 0 unspecified atom stereocenters. The molecule has 8 nitrogen and oxygen atoms in total. The van der Waals surface area contributed by atoms with Crippen molar-refractivity contribution in [3.05, 3.63) is 107 Å². The minimum absolute atomic E-state index is 0.00136. The second-order valence-corrected chi connectivity index (χ2v) is 7.54. The maximum atomic E-state index is 11.0. The van der Waals surface area contributed by atoms with E-state index in [1.54, 1.807) is 36.4 Å². The van der Waals surface area contributed by atoms with E-state index in [0.29, 0.717) is 22.4 Å². The predicted molar refractivity (Wildman–Crippen MR) is 123 cm³/mol. The number of allylic oxidation sites excluding steroid dienone is 1. The molecule has 0 bridgehead atoms. The minimum atomic E-state index is -0.505. The van der Waals surface area contributed by atoms with E-state index in [-0.39, 0.29) is 18.0 Å². The lowest BCUT2D eigenvalue weighted by Crippen LogP contribution is -1.98. The van der Waals surface area contributed by atoms with Crippen LogP contribution in [0.3, 0.4) is 0 Å². The van der Waals surface area contributed by atoms with Gasteiger partial charge in [0.2, 0.25) is 0 Å². The summed E-state index contributed by atoms with van der Waals surface area (Å²) >= 11 is 2.10. The summed E-state index contributed by atoms with van der Waals surface area (Å²) in [5.74, 6) is 0.595. The third kappa shape index (κ3) is 5.64. The molecule has 31 heavy (non-hydrogen) atoms. The lowest BCUT2D eigenvalue weighted by atomic mass is 10.0. The van der Waals surface area contributed by atoms with Crippen LogP contribution in [-0.2, 0) is 6.61 Å². The van der Waals surface area contributed by atoms with Gasteiger partial charge in [0, 0.05) is 24.3 Å². The number of nitriles is 1. The van der Waals surface area contributed by atoms with Crippen LogP contribution >= 0.6 is 22.6 Å². The van der Waals surface area contributed by atoms with Gasteiger partial charge in [0.25, 0.3) is 11.4 Å². The maximum Gasteiger partial charge on any atom is 0.270 e. The third-order valence-electron chi connectivity index (χ3n) is 4.27. The topological polar surface area (TPSA) is 119 Å². The molecule has 3 aromatic rings. The molecule has 0 aliphatic carbocycles. The zero-order valence-electron chi connectivity index (χ0n) is 15.9. The summed E-state index contributed by atoms with van der Waals surface area (Å²) in [4.78, 5) is 20.9. The Hall–Kier alpha value is -3.78. The van der Waals surface area contributed by atoms with E-state index in [4.69, 9.17) is 4.74 Å². The van der Waals surface area contributed by atoms with Crippen LogP contribution in [0.4, 0.5) is 11.4 Å². The standard InChI is InChI=1S/C22H14IN3O5/c23-21-11-15(9-18(13-24)17-4-2-6-20(12-17)26(29)30)7-8-22(21)31-14-16-3-1-5-19(10-16)25(27)28/h1-12H,14H2/b18-9-. The summed E-state index contributed by atoms with van der Waals surface area (Å²) < 4.78 is 6.57. The quantitative estimate of drug-likeness (QED) is 0.127. The average molecular weight is 527 g/mol. The van der Waals surface area contributed by atoms with Crippen molar-refractivity contribution in [3.8, 4) is 11.8 Å². The van der Waals surface area contributed by atoms with E-state index in [0.717, 1.165) is 9.13 Å². The van der Waals surface area contributed by atoms with Crippen LogP contribution in [0.2, 0.25) is 0 Å². The highest BCUT2D eigenvalue weighted by molar-refractivity contribution is 14.1. The Morgan fingerprint density at radius 3 is 2.32 bits per heavy atom. The molecule has 0 saturated carbocycles. The first-order valence-corrected chi connectivity index (χ1v) is 9.97. The van der Waals surface area contributed by atoms with Crippen LogP contribution in [0.25, 0.3) is 11.6 Å². The van der Waals surface area contributed by atoms with E-state index in [1.807, 2.05) is 6.07 Å². The van der Waals surface area contributed by atoms with Crippen LogP contribution in [-0.4, -0.2) is 9.85 Å². The van der Waals surface area contributed by atoms with Gasteiger partial charge in [0.05, 0.1) is 25.1 Å². The van der Waals surface area contributed by atoms with Crippen LogP contribution in [0.1, 0.15) is 16.7 Å². The van der Waals surface area contributed by atoms with Crippen molar-refractivity contribution in [2.24, 2.45) is 0 Å². The monoisotopic (exact) mass is 527 g/mol. The Labute approximate surface area is 190 Å². The highest BCUT2D eigenvalue weighted by Crippen LogP contribution is 2.27. The normalized spacial score (nSPS) is 10.9. The molecular weight excluding hydrogens is 513 g/mol. The Balaban J connectivity index is 1.79. The fraction of sp³-hybridized carbons (Fsp3) is 0.0455. The Morgan fingerprint density at radius 1 is 1.00 bits per heavy atom. The number of nitro groups is 2. The summed E-state index contributed by atoms with van der Waals surface area (Å²) in [5, 5.41) is 31.4. The van der Waals surface area contributed by atoms with Gasteiger partial charge in [-0.05, 0) is 57.5 Å². The number of nitro benzene ring substituents is 2. The summed E-state index contributed by atoms with van der Waals surface area (Å²) in [6, 6.07) is 19.5. The van der Waals surface area contributed by atoms with Crippen molar-refractivity contribution in [2.45, 2.75) is 6.61 Å². The average Bonchev–Trinajstić information content (AvgIpc) is 2.77. The zero-order chi connectivity index (χ0) is 22.4. The number of benzene rings is 3. The Kier molecular flexibility index (Phi) is 6.94. The molecule has 0 aromatic heterocycles. The molecule has 3 aromatic carbocycles. The second kappa shape index (κ2) is 9.82. The Bertz CT molecular complexity index is 1230. The molecule has 0 radical (unpaired) electrons. The van der Waals surface area contributed by atoms with Gasteiger partial charge < -0.3 is 4.74 Å². The van der Waals surface area contributed by atoms with Crippen LogP contribution in [0.5, 0.6) is 5.75 Å². The molecule has 154 valence electrons. The molecule has 0 atom stereocenters. The lowest BCUT2D eigenvalue weighted by molar-refractivity contribution is -0.385. The van der Waals surface area contributed by atoms with Gasteiger partial charge >= 0.3 is 0 Å². The molecule has 0 aliphatic heterocycles. The molecule has 0 aliphatic rings. The van der Waals surface area contributed by atoms with Crippen molar-refractivity contribution in [3.63, 3.8) is 0 Å². The molecule has 0 fully saturated rings. The number of rotatable bonds is 7. The van der Waals surface area contributed by atoms with Crippen LogP contribution in [0.15, 0.2) is 66.7 Å². The van der Waals surface area contributed by atoms with Gasteiger partial charge in [0.1, 0.15) is 12.4 Å². The first-order valence-electron chi connectivity index (χ1n) is 8.89. The first kappa shape index (κ1) is 21.9. The highest BCUT2D eigenvalue weighted by Gasteiger charge is 2.10. The number of hydrogen-bond acceptors (Lipinski definition) is 6. The number of ether oxygens (including phenoxy) is 1. The zero-order valence-corrected chi connectivity index (χ0v) is 18.1. The number of nitrogens with zero attached hydrogens (tertiary/aromatic N) is 3. The summed E-state index contributed by atoms with van der Waals surface area (Å²) in [7, 11) is 0. The smallest absolute Gasteiger partial charge is 0.270 e. The molecule has 0 heterocycles. The fourth-order valence-electron chi connectivity index (χ4n) is 2.78. The number of halogens is 1. The first-order chi connectivity index (χ1) is 14.9. The largest absolute Gasteiger partial charge is 0.488 e. The van der Waals surface area contributed by atoms with E-state index in [9.17, 15) is 25.5 Å². The van der Waals surface area contributed by atoms with Crippen molar-refractivity contribution >= 4 is 45.6 Å². The van der Waals surface area contributed by atoms with Gasteiger partial charge in [-0.15, -0.1) is 0 Å². The van der Waals surface area contributed by atoms with Gasteiger partial charge in [-0.3, -0.25) is 20.2 Å². The van der Waals surface area contributed by atoms with Gasteiger partial charge in [-0.2, -0.15) is 5.26 Å². The Morgan fingerprint density at radius 2 is 1.68 bits per heavy atom. The van der Waals surface area contributed by atoms with Crippen LogP contribution in [0, 0.1) is 35.1 Å². The summed E-state index contributed by atoms with van der Waals surface area (Å²) in [6.07, 6.45) is 1.64. The number of non-ortho nitro benzene ring substituents is 2. The summed E-state index contributed by atoms with van der Waals surface area (Å²) in [5.41, 5.74) is 2.07. The predicted octanol–water partition coefficient (Wildman–Crippen LogP) is 5.75. The third-order valence-corrected chi connectivity index (χ3v) is 5.11. The molecule has 0 amide bonds. The van der Waals surface area contributed by atoms with Crippen molar-refractivity contribution in [1.82, 2.24) is 0 Å². The molecule has 0 saturated heterocycles.